The topological polar surface area (TPSA) is 46.5 Å². The van der Waals surface area contributed by atoms with Crippen LogP contribution in [0, 0.1) is 0 Å². The van der Waals surface area contributed by atoms with Crippen molar-refractivity contribution in [3.05, 3.63) is 41.5 Å². The number of aromatic hydroxyl groups is 1. The van der Waals surface area contributed by atoms with E-state index in [9.17, 15) is 9.90 Å². The molecule has 0 amide bonds. The number of methoxy groups -OCH3 is 1. The highest BCUT2D eigenvalue weighted by molar-refractivity contribution is 5.82. The van der Waals surface area contributed by atoms with Crippen LogP contribution in [0.4, 0.5) is 0 Å². The molecule has 0 radical (unpaired) electrons. The number of rotatable bonds is 3. The SMILES string of the molecule is COC(=O)/C=C(\C)Cc1ccccc1O. The van der Waals surface area contributed by atoms with E-state index >= 15 is 0 Å². The van der Waals surface area contributed by atoms with Crippen molar-refractivity contribution in [3.63, 3.8) is 0 Å². The number of ether oxygens (including phenoxy) is 1. The van der Waals surface area contributed by atoms with Crippen LogP contribution in [0.3, 0.4) is 0 Å². The first kappa shape index (κ1) is 11.3. The zero-order chi connectivity index (χ0) is 11.3. The van der Waals surface area contributed by atoms with E-state index in [1.54, 1.807) is 12.1 Å². The molecule has 80 valence electrons. The van der Waals surface area contributed by atoms with Gasteiger partial charge in [-0.05, 0) is 25.0 Å². The summed E-state index contributed by atoms with van der Waals surface area (Å²) in [5, 5.41) is 9.51. The number of para-hydroxylation sites is 1. The summed E-state index contributed by atoms with van der Waals surface area (Å²) in [6, 6.07) is 7.06. The Labute approximate surface area is 89.0 Å². The molecule has 1 aromatic rings. The fourth-order valence-corrected chi connectivity index (χ4v) is 1.27. The zero-order valence-electron chi connectivity index (χ0n) is 8.86. The molecule has 1 aromatic carbocycles. The van der Waals surface area contributed by atoms with Crippen LogP contribution < -0.4 is 0 Å². The van der Waals surface area contributed by atoms with Gasteiger partial charge in [0.2, 0.25) is 0 Å². The average molecular weight is 206 g/mol. The van der Waals surface area contributed by atoms with Gasteiger partial charge in [0.15, 0.2) is 0 Å². The van der Waals surface area contributed by atoms with Gasteiger partial charge in [0.05, 0.1) is 7.11 Å². The maximum Gasteiger partial charge on any atom is 0.330 e. The van der Waals surface area contributed by atoms with Crippen LogP contribution in [-0.4, -0.2) is 18.2 Å². The van der Waals surface area contributed by atoms with E-state index in [1.165, 1.54) is 13.2 Å². The Balaban J connectivity index is 2.74. The molecule has 0 unspecified atom stereocenters. The highest BCUT2D eigenvalue weighted by atomic mass is 16.5. The van der Waals surface area contributed by atoms with Crippen molar-refractivity contribution < 1.29 is 14.6 Å². The van der Waals surface area contributed by atoms with Crippen molar-refractivity contribution in [1.82, 2.24) is 0 Å². The number of allylic oxidation sites excluding steroid dienone is 1. The third-order valence-electron chi connectivity index (χ3n) is 2.03. The molecular weight excluding hydrogens is 192 g/mol. The fourth-order valence-electron chi connectivity index (χ4n) is 1.27. The molecule has 0 spiro atoms. The number of hydrogen-bond donors (Lipinski definition) is 1. The van der Waals surface area contributed by atoms with Gasteiger partial charge in [-0.1, -0.05) is 23.8 Å². The third kappa shape index (κ3) is 3.46. The highest BCUT2D eigenvalue weighted by Gasteiger charge is 2.02. The quantitative estimate of drug-likeness (QED) is 0.608. The summed E-state index contributed by atoms with van der Waals surface area (Å²) >= 11 is 0. The van der Waals surface area contributed by atoms with E-state index in [4.69, 9.17) is 0 Å². The van der Waals surface area contributed by atoms with Gasteiger partial charge in [0.1, 0.15) is 5.75 Å². The number of phenolic OH excluding ortho intramolecular Hbond substituents is 1. The summed E-state index contributed by atoms with van der Waals surface area (Å²) in [4.78, 5) is 10.9. The van der Waals surface area contributed by atoms with E-state index in [0.717, 1.165) is 11.1 Å². The van der Waals surface area contributed by atoms with Gasteiger partial charge < -0.3 is 9.84 Å². The molecule has 1 rings (SSSR count). The van der Waals surface area contributed by atoms with Gasteiger partial charge >= 0.3 is 5.97 Å². The number of carbonyl (C=O) groups is 1. The van der Waals surface area contributed by atoms with E-state index in [0.29, 0.717) is 6.42 Å². The Kier molecular flexibility index (Phi) is 3.92. The molecular formula is C12H14O3. The molecule has 0 aliphatic rings. The minimum atomic E-state index is -0.372. The number of phenols is 1. The average Bonchev–Trinajstić information content (AvgIpc) is 2.21. The van der Waals surface area contributed by atoms with E-state index < -0.39 is 0 Å². The molecule has 3 nitrogen and oxygen atoms in total. The zero-order valence-corrected chi connectivity index (χ0v) is 8.86. The second kappa shape index (κ2) is 5.20. The van der Waals surface area contributed by atoms with Crippen LogP contribution >= 0.6 is 0 Å². The minimum absolute atomic E-state index is 0.245. The Bertz CT molecular complexity index is 380. The molecule has 0 saturated carbocycles. The summed E-state index contributed by atoms with van der Waals surface area (Å²) < 4.78 is 4.51. The van der Waals surface area contributed by atoms with Crippen LogP contribution in [0.15, 0.2) is 35.9 Å². The molecule has 15 heavy (non-hydrogen) atoms. The highest BCUT2D eigenvalue weighted by Crippen LogP contribution is 2.18. The Morgan fingerprint density at radius 2 is 2.13 bits per heavy atom. The smallest absolute Gasteiger partial charge is 0.330 e. The van der Waals surface area contributed by atoms with Gasteiger partial charge in [-0.25, -0.2) is 4.79 Å². The Morgan fingerprint density at radius 1 is 1.47 bits per heavy atom. The fraction of sp³-hybridized carbons (Fsp3) is 0.250. The maximum atomic E-state index is 10.9. The normalized spacial score (nSPS) is 11.2. The maximum absolute atomic E-state index is 10.9. The number of carbonyl (C=O) groups excluding carboxylic acids is 1. The Hall–Kier alpha value is -1.77. The van der Waals surface area contributed by atoms with Crippen LogP contribution in [0.2, 0.25) is 0 Å². The number of hydrogen-bond acceptors (Lipinski definition) is 3. The second-order valence-corrected chi connectivity index (χ2v) is 3.32. The molecule has 3 heteroatoms. The molecule has 0 fully saturated rings. The lowest BCUT2D eigenvalue weighted by Gasteiger charge is -2.03. The molecule has 0 atom stereocenters. The molecule has 0 bridgehead atoms. The van der Waals surface area contributed by atoms with Crippen LogP contribution in [0.5, 0.6) is 5.75 Å². The third-order valence-corrected chi connectivity index (χ3v) is 2.03. The lowest BCUT2D eigenvalue weighted by Crippen LogP contribution is -1.97. The van der Waals surface area contributed by atoms with Gasteiger partial charge in [-0.2, -0.15) is 0 Å². The molecule has 0 aromatic heterocycles. The Morgan fingerprint density at radius 3 is 2.73 bits per heavy atom. The lowest BCUT2D eigenvalue weighted by molar-refractivity contribution is -0.134. The summed E-state index contributed by atoms with van der Waals surface area (Å²) in [6.45, 7) is 1.82. The van der Waals surface area contributed by atoms with Crippen molar-refractivity contribution in [1.29, 1.82) is 0 Å². The van der Waals surface area contributed by atoms with Gasteiger partial charge in [-0.3, -0.25) is 0 Å². The summed E-state index contributed by atoms with van der Waals surface area (Å²) in [5.41, 5.74) is 1.65. The molecule has 0 heterocycles. The predicted octanol–water partition coefficient (Wildman–Crippen LogP) is 2.05. The van der Waals surface area contributed by atoms with Crippen LogP contribution in [-0.2, 0) is 16.0 Å². The summed E-state index contributed by atoms with van der Waals surface area (Å²) in [5.74, 6) is -0.127. The van der Waals surface area contributed by atoms with Crippen molar-refractivity contribution >= 4 is 5.97 Å². The summed E-state index contributed by atoms with van der Waals surface area (Å²) in [6.07, 6.45) is 1.97. The molecule has 0 aliphatic carbocycles. The predicted molar refractivity (Wildman–Crippen MR) is 57.6 cm³/mol. The van der Waals surface area contributed by atoms with Crippen molar-refractivity contribution in [2.24, 2.45) is 0 Å². The van der Waals surface area contributed by atoms with Crippen LogP contribution in [0.1, 0.15) is 12.5 Å². The van der Waals surface area contributed by atoms with Crippen molar-refractivity contribution in [3.8, 4) is 5.75 Å². The largest absolute Gasteiger partial charge is 0.508 e. The molecule has 0 saturated heterocycles. The van der Waals surface area contributed by atoms with Crippen molar-refractivity contribution in [2.45, 2.75) is 13.3 Å². The van der Waals surface area contributed by atoms with Gasteiger partial charge in [-0.15, -0.1) is 0 Å². The van der Waals surface area contributed by atoms with E-state index in [1.807, 2.05) is 19.1 Å². The first-order valence-electron chi connectivity index (χ1n) is 4.65. The lowest BCUT2D eigenvalue weighted by atomic mass is 10.1. The van der Waals surface area contributed by atoms with Crippen LogP contribution in [0.25, 0.3) is 0 Å². The monoisotopic (exact) mass is 206 g/mol. The minimum Gasteiger partial charge on any atom is -0.508 e. The summed E-state index contributed by atoms with van der Waals surface area (Å²) in [7, 11) is 1.34. The van der Waals surface area contributed by atoms with E-state index in [2.05, 4.69) is 4.74 Å². The first-order chi connectivity index (χ1) is 7.13. The number of benzene rings is 1. The second-order valence-electron chi connectivity index (χ2n) is 3.32. The number of esters is 1. The first-order valence-corrected chi connectivity index (χ1v) is 4.65. The van der Waals surface area contributed by atoms with Crippen molar-refractivity contribution in [2.75, 3.05) is 7.11 Å². The molecule has 0 aliphatic heterocycles. The standard InChI is InChI=1S/C12H14O3/c1-9(8-12(14)15-2)7-10-5-3-4-6-11(10)13/h3-6,8,13H,7H2,1-2H3/b9-8+. The van der Waals surface area contributed by atoms with Gasteiger partial charge in [0.25, 0.3) is 0 Å². The molecule has 1 N–H and O–H groups in total. The van der Waals surface area contributed by atoms with Gasteiger partial charge in [0, 0.05) is 6.08 Å². The van der Waals surface area contributed by atoms with E-state index in [-0.39, 0.29) is 11.7 Å².